The number of ketones is 2. The predicted molar refractivity (Wildman–Crippen MR) is 111 cm³/mol. The number of ether oxygens (including phenoxy) is 1. The second-order valence-corrected chi connectivity index (χ2v) is 13.3. The van der Waals surface area contributed by atoms with Crippen molar-refractivity contribution in [2.75, 3.05) is 7.11 Å². The quantitative estimate of drug-likeness (QED) is 0.532. The molecule has 0 atom stereocenters. The molecule has 1 aliphatic carbocycles. The first-order chi connectivity index (χ1) is 12.5. The van der Waals surface area contributed by atoms with Gasteiger partial charge in [0.2, 0.25) is 11.6 Å². The molecule has 0 spiro atoms. The molecule has 0 fully saturated rings. The molecule has 0 amide bonds. The highest BCUT2D eigenvalue weighted by atomic mass is 28.4. The summed E-state index contributed by atoms with van der Waals surface area (Å²) in [7, 11) is -0.467. The van der Waals surface area contributed by atoms with Gasteiger partial charge in [0, 0.05) is 10.9 Å². The van der Waals surface area contributed by atoms with E-state index in [1.54, 1.807) is 19.3 Å². The number of fused-ring (bicyclic) bond motifs is 2. The van der Waals surface area contributed by atoms with E-state index in [0.717, 1.165) is 27.6 Å². The van der Waals surface area contributed by atoms with Crippen molar-refractivity contribution in [1.82, 2.24) is 0 Å². The Bertz CT molecular complexity index is 994. The SMILES string of the molecule is COc1c(O[Si](C)(C)C(C)(C)C)c(C)cc2cc3c(cc12)C(=O)C(=O)C=C3. The Kier molecular flexibility index (Phi) is 4.55. The molecule has 142 valence electrons. The first kappa shape index (κ1) is 19.4. The lowest BCUT2D eigenvalue weighted by Crippen LogP contribution is -2.44. The molecule has 4 nitrogen and oxygen atoms in total. The molecule has 3 rings (SSSR count). The van der Waals surface area contributed by atoms with Gasteiger partial charge in [-0.1, -0.05) is 26.8 Å². The number of carbonyl (C=O) groups excluding carboxylic acids is 2. The number of methoxy groups -OCH3 is 1. The van der Waals surface area contributed by atoms with Crippen molar-refractivity contribution >= 4 is 36.7 Å². The topological polar surface area (TPSA) is 52.6 Å². The third-order valence-corrected chi connectivity index (χ3v) is 9.98. The van der Waals surface area contributed by atoms with Gasteiger partial charge in [0.25, 0.3) is 8.32 Å². The van der Waals surface area contributed by atoms with Crippen molar-refractivity contribution in [1.29, 1.82) is 0 Å². The highest BCUT2D eigenvalue weighted by Gasteiger charge is 2.40. The molecule has 0 unspecified atom stereocenters. The van der Waals surface area contributed by atoms with Gasteiger partial charge in [-0.2, -0.15) is 0 Å². The average Bonchev–Trinajstić information content (AvgIpc) is 2.57. The maximum Gasteiger partial charge on any atom is 0.250 e. The van der Waals surface area contributed by atoms with E-state index in [1.807, 2.05) is 13.0 Å². The minimum Gasteiger partial charge on any atom is -0.541 e. The molecule has 5 heteroatoms. The molecule has 1 aliphatic rings. The lowest BCUT2D eigenvalue weighted by Gasteiger charge is -2.37. The fraction of sp³-hybridized carbons (Fsp3) is 0.364. The van der Waals surface area contributed by atoms with E-state index in [1.165, 1.54) is 6.08 Å². The molecule has 0 radical (unpaired) electrons. The van der Waals surface area contributed by atoms with Crippen LogP contribution in [0.25, 0.3) is 16.8 Å². The summed E-state index contributed by atoms with van der Waals surface area (Å²) < 4.78 is 12.3. The second kappa shape index (κ2) is 6.34. The van der Waals surface area contributed by atoms with Gasteiger partial charge in [-0.3, -0.25) is 9.59 Å². The molecule has 0 saturated carbocycles. The van der Waals surface area contributed by atoms with Crippen LogP contribution in [-0.2, 0) is 4.79 Å². The average molecular weight is 383 g/mol. The zero-order valence-corrected chi connectivity index (χ0v) is 18.0. The van der Waals surface area contributed by atoms with Gasteiger partial charge in [0.15, 0.2) is 5.75 Å². The van der Waals surface area contributed by atoms with Crippen molar-refractivity contribution in [3.63, 3.8) is 0 Å². The van der Waals surface area contributed by atoms with Crippen LogP contribution in [-0.4, -0.2) is 27.0 Å². The molecule has 2 aromatic rings. The van der Waals surface area contributed by atoms with Crippen molar-refractivity contribution in [2.45, 2.75) is 45.8 Å². The molecule has 0 bridgehead atoms. The minimum absolute atomic E-state index is 0.0441. The second-order valence-electron chi connectivity index (χ2n) is 8.61. The number of benzene rings is 2. The summed E-state index contributed by atoms with van der Waals surface area (Å²) in [5.74, 6) is 0.365. The van der Waals surface area contributed by atoms with Crippen molar-refractivity contribution < 1.29 is 18.8 Å². The predicted octanol–water partition coefficient (Wildman–Crippen LogP) is 5.32. The van der Waals surface area contributed by atoms with E-state index in [0.29, 0.717) is 11.3 Å². The van der Waals surface area contributed by atoms with Crippen LogP contribution in [0.5, 0.6) is 11.5 Å². The van der Waals surface area contributed by atoms with Crippen LogP contribution in [0.4, 0.5) is 0 Å². The summed E-state index contributed by atoms with van der Waals surface area (Å²) in [5, 5.41) is 1.78. The van der Waals surface area contributed by atoms with Gasteiger partial charge in [-0.15, -0.1) is 0 Å². The van der Waals surface area contributed by atoms with Gasteiger partial charge in [-0.05, 0) is 65.8 Å². The van der Waals surface area contributed by atoms with E-state index < -0.39 is 19.9 Å². The monoisotopic (exact) mass is 382 g/mol. The fourth-order valence-electron chi connectivity index (χ4n) is 3.00. The third-order valence-electron chi connectivity index (χ3n) is 5.65. The summed E-state index contributed by atoms with van der Waals surface area (Å²) in [6.07, 6.45) is 3.02. The van der Waals surface area contributed by atoms with Gasteiger partial charge < -0.3 is 9.16 Å². The van der Waals surface area contributed by atoms with E-state index >= 15 is 0 Å². The van der Waals surface area contributed by atoms with E-state index in [2.05, 4.69) is 39.9 Å². The molecule has 0 heterocycles. The lowest BCUT2D eigenvalue weighted by molar-refractivity contribution is -0.110. The number of rotatable bonds is 3. The van der Waals surface area contributed by atoms with Crippen LogP contribution < -0.4 is 9.16 Å². The molecule has 0 saturated heterocycles. The number of hydrogen-bond donors (Lipinski definition) is 0. The summed E-state index contributed by atoms with van der Waals surface area (Å²) in [4.78, 5) is 24.1. The van der Waals surface area contributed by atoms with Gasteiger partial charge in [-0.25, -0.2) is 0 Å². The Hall–Kier alpha value is -2.40. The highest BCUT2D eigenvalue weighted by Crippen LogP contribution is 2.45. The van der Waals surface area contributed by atoms with Crippen LogP contribution >= 0.6 is 0 Å². The van der Waals surface area contributed by atoms with Crippen LogP contribution in [0.1, 0.15) is 42.3 Å². The Morgan fingerprint density at radius 3 is 2.22 bits per heavy atom. The van der Waals surface area contributed by atoms with Crippen molar-refractivity contribution in [3.05, 3.63) is 41.0 Å². The van der Waals surface area contributed by atoms with Crippen molar-refractivity contribution in [2.24, 2.45) is 0 Å². The molecular weight excluding hydrogens is 356 g/mol. The summed E-state index contributed by atoms with van der Waals surface area (Å²) in [5.41, 5.74) is 2.16. The maximum atomic E-state index is 12.3. The van der Waals surface area contributed by atoms with Gasteiger partial charge in [0.1, 0.15) is 5.75 Å². The Balaban J connectivity index is 2.25. The molecule has 27 heavy (non-hydrogen) atoms. The maximum absolute atomic E-state index is 12.3. The van der Waals surface area contributed by atoms with E-state index in [9.17, 15) is 9.59 Å². The first-order valence-corrected chi connectivity index (χ1v) is 12.0. The molecule has 0 N–H and O–H groups in total. The Labute approximate surface area is 161 Å². The zero-order valence-electron chi connectivity index (χ0n) is 17.0. The Morgan fingerprint density at radius 2 is 1.63 bits per heavy atom. The standard InChI is InChI=1S/C22H26O4Si/c1-13-10-15-11-14-8-9-18(23)19(24)16(14)12-17(15)21(25-5)20(13)26-27(6,7)22(2,3)4/h8-12H,1-7H3. The normalized spacial score (nSPS) is 14.5. The number of aryl methyl sites for hydroxylation is 1. The van der Waals surface area contributed by atoms with E-state index in [4.69, 9.17) is 9.16 Å². The van der Waals surface area contributed by atoms with Gasteiger partial charge >= 0.3 is 0 Å². The summed E-state index contributed by atoms with van der Waals surface area (Å²) in [6, 6.07) is 5.73. The lowest BCUT2D eigenvalue weighted by atomic mass is 9.91. The van der Waals surface area contributed by atoms with Crippen LogP contribution in [0, 0.1) is 6.92 Å². The van der Waals surface area contributed by atoms with Gasteiger partial charge in [0.05, 0.1) is 7.11 Å². The molecule has 2 aromatic carbocycles. The van der Waals surface area contributed by atoms with Crippen LogP contribution in [0.3, 0.4) is 0 Å². The first-order valence-electron chi connectivity index (χ1n) is 9.07. The highest BCUT2D eigenvalue weighted by molar-refractivity contribution is 6.74. The number of Topliss-reactive ketones (excluding diaryl/α,β-unsaturated/α-hetero) is 1. The molecular formula is C22H26O4Si. The number of carbonyl (C=O) groups is 2. The molecule has 0 aliphatic heterocycles. The van der Waals surface area contributed by atoms with E-state index in [-0.39, 0.29) is 5.04 Å². The fourth-order valence-corrected chi connectivity index (χ4v) is 4.07. The zero-order chi connectivity index (χ0) is 20.1. The van der Waals surface area contributed by atoms with Crippen LogP contribution in [0.15, 0.2) is 24.3 Å². The summed E-state index contributed by atoms with van der Waals surface area (Å²) >= 11 is 0. The summed E-state index contributed by atoms with van der Waals surface area (Å²) in [6.45, 7) is 13.0. The number of allylic oxidation sites excluding steroid dienone is 1. The molecule has 0 aromatic heterocycles. The third kappa shape index (κ3) is 3.21. The van der Waals surface area contributed by atoms with Crippen molar-refractivity contribution in [3.8, 4) is 11.5 Å². The smallest absolute Gasteiger partial charge is 0.250 e. The van der Waals surface area contributed by atoms with Crippen LogP contribution in [0.2, 0.25) is 18.1 Å². The number of hydrogen-bond acceptors (Lipinski definition) is 4. The minimum atomic E-state index is -2.08. The Morgan fingerprint density at radius 1 is 0.963 bits per heavy atom. The largest absolute Gasteiger partial charge is 0.541 e.